The molecule has 0 bridgehead atoms. The van der Waals surface area contributed by atoms with Crippen LogP contribution in [0.1, 0.15) is 132 Å². The van der Waals surface area contributed by atoms with Gasteiger partial charge in [0.25, 0.3) is 0 Å². The van der Waals surface area contributed by atoms with Gasteiger partial charge in [0.05, 0.1) is 18.0 Å². The predicted octanol–water partition coefficient (Wildman–Crippen LogP) is 10.8. The van der Waals surface area contributed by atoms with Crippen molar-refractivity contribution in [3.8, 4) is 12.8 Å². The summed E-state index contributed by atoms with van der Waals surface area (Å²) in [7, 11) is 1.85. The highest BCUT2D eigenvalue weighted by atomic mass is 16.5. The van der Waals surface area contributed by atoms with Gasteiger partial charge in [-0.05, 0) is 105 Å². The van der Waals surface area contributed by atoms with Gasteiger partial charge in [0.15, 0.2) is 0 Å². The number of hydrogen-bond donors (Lipinski definition) is 0. The maximum absolute atomic E-state index is 5.91. The van der Waals surface area contributed by atoms with Crippen molar-refractivity contribution >= 4 is 0 Å². The maximum Gasteiger partial charge on any atom is 0.0986 e. The fourth-order valence-corrected chi connectivity index (χ4v) is 7.03. The third-order valence-electron chi connectivity index (χ3n) is 8.72. The van der Waals surface area contributed by atoms with Crippen LogP contribution in [0.5, 0.6) is 0 Å². The lowest BCUT2D eigenvalue weighted by molar-refractivity contribution is 0.0703. The average molecular weight is 527 g/mol. The molecule has 4 rings (SSSR count). The molecule has 2 heteroatoms. The van der Waals surface area contributed by atoms with Gasteiger partial charge in [-0.3, -0.25) is 0 Å². The molecule has 3 saturated carbocycles. The first-order chi connectivity index (χ1) is 17.9. The van der Waals surface area contributed by atoms with Crippen LogP contribution < -0.4 is 0 Å². The molecule has 3 aliphatic carbocycles. The number of ether oxygens (including phenoxy) is 2. The SMILES string of the molecule is C.C#C.C=C1CCC(CCC2CCC3C(=C=C/C=C4/CC(C)CC(OC)C4)CCCC23C)O1.CC.CCC. The summed E-state index contributed by atoms with van der Waals surface area (Å²) in [5.41, 5.74) is 7.38. The van der Waals surface area contributed by atoms with Gasteiger partial charge in [-0.2, -0.15) is 0 Å². The van der Waals surface area contributed by atoms with Crippen molar-refractivity contribution in [2.24, 2.45) is 23.2 Å². The molecule has 1 heterocycles. The van der Waals surface area contributed by atoms with Crippen LogP contribution in [-0.4, -0.2) is 19.3 Å². The summed E-state index contributed by atoms with van der Waals surface area (Å²) in [6, 6.07) is 0. The molecule has 218 valence electrons. The first-order valence-corrected chi connectivity index (χ1v) is 15.2. The van der Waals surface area contributed by atoms with E-state index in [2.05, 4.69) is 65.0 Å². The molecule has 6 atom stereocenters. The monoisotopic (exact) mass is 526 g/mol. The van der Waals surface area contributed by atoms with Gasteiger partial charge in [0.2, 0.25) is 0 Å². The molecule has 0 aromatic heterocycles. The normalized spacial score (nSPS) is 32.4. The van der Waals surface area contributed by atoms with Crippen molar-refractivity contribution in [1.82, 2.24) is 0 Å². The number of hydrogen-bond acceptors (Lipinski definition) is 2. The average Bonchev–Trinajstić information content (AvgIpc) is 3.47. The zero-order valence-corrected chi connectivity index (χ0v) is 25.4. The summed E-state index contributed by atoms with van der Waals surface area (Å²) < 4.78 is 11.6. The molecule has 4 fully saturated rings. The highest BCUT2D eigenvalue weighted by Crippen LogP contribution is 2.58. The second-order valence-corrected chi connectivity index (χ2v) is 11.6. The summed E-state index contributed by atoms with van der Waals surface area (Å²) in [6.45, 7) is 17.2. The van der Waals surface area contributed by atoms with E-state index in [4.69, 9.17) is 9.47 Å². The van der Waals surface area contributed by atoms with Crippen molar-refractivity contribution in [3.05, 3.63) is 41.4 Å². The number of fused-ring (bicyclic) bond motifs is 1. The number of terminal acetylenes is 1. The van der Waals surface area contributed by atoms with E-state index in [0.29, 0.717) is 17.6 Å². The quantitative estimate of drug-likeness (QED) is 0.262. The van der Waals surface area contributed by atoms with Gasteiger partial charge in [-0.1, -0.05) is 73.6 Å². The lowest BCUT2D eigenvalue weighted by Gasteiger charge is -2.42. The fourth-order valence-electron chi connectivity index (χ4n) is 7.03. The Morgan fingerprint density at radius 3 is 2.39 bits per heavy atom. The molecule has 6 unspecified atom stereocenters. The van der Waals surface area contributed by atoms with E-state index < -0.39 is 0 Å². The second kappa shape index (κ2) is 19.4. The predicted molar refractivity (Wildman–Crippen MR) is 168 cm³/mol. The van der Waals surface area contributed by atoms with Crippen LogP contribution in [0.2, 0.25) is 0 Å². The van der Waals surface area contributed by atoms with Gasteiger partial charge < -0.3 is 9.47 Å². The Morgan fingerprint density at radius 2 is 1.79 bits per heavy atom. The van der Waals surface area contributed by atoms with Crippen LogP contribution in [0.4, 0.5) is 0 Å². The minimum Gasteiger partial charge on any atom is -0.495 e. The molecular weight excluding hydrogens is 464 g/mol. The Labute approximate surface area is 238 Å². The van der Waals surface area contributed by atoms with Gasteiger partial charge in [0.1, 0.15) is 0 Å². The van der Waals surface area contributed by atoms with Crippen molar-refractivity contribution in [1.29, 1.82) is 0 Å². The van der Waals surface area contributed by atoms with Gasteiger partial charge >= 0.3 is 0 Å². The zero-order valence-electron chi connectivity index (χ0n) is 25.4. The van der Waals surface area contributed by atoms with E-state index in [1.165, 1.54) is 76.2 Å². The Hall–Kier alpha value is -1.68. The molecule has 0 radical (unpaired) electrons. The van der Waals surface area contributed by atoms with E-state index in [1.54, 1.807) is 5.57 Å². The standard InChI is InChI=1S/C28H42O2.C3H8.C2H6.C2H2.CH4/c1-20-17-22(19-26(18-20)29-4)7-5-8-23-9-6-16-28(3)24(12-15-27(23)28)11-14-25-13-10-21(2)30-25;1-3-2;2*1-2;/h5,7,20,24-27H,2,6,9-19H2,1,3-4H3;3H2,1-2H3;1-2H3;1-2H;1H4/b22-7-;;;;. The van der Waals surface area contributed by atoms with Crippen molar-refractivity contribution in [2.75, 3.05) is 7.11 Å². The summed E-state index contributed by atoms with van der Waals surface area (Å²) in [4.78, 5) is 0. The smallest absolute Gasteiger partial charge is 0.0986 e. The van der Waals surface area contributed by atoms with Crippen LogP contribution in [0.25, 0.3) is 0 Å². The highest BCUT2D eigenvalue weighted by molar-refractivity contribution is 5.22. The van der Waals surface area contributed by atoms with E-state index in [0.717, 1.165) is 36.4 Å². The molecule has 38 heavy (non-hydrogen) atoms. The molecule has 1 aliphatic heterocycles. The summed E-state index contributed by atoms with van der Waals surface area (Å²) in [5, 5.41) is 0. The van der Waals surface area contributed by atoms with Crippen LogP contribution in [0.15, 0.2) is 41.4 Å². The minimum absolute atomic E-state index is 0. The van der Waals surface area contributed by atoms with Crippen LogP contribution in [0.3, 0.4) is 0 Å². The van der Waals surface area contributed by atoms with Crippen LogP contribution in [-0.2, 0) is 9.47 Å². The Kier molecular flexibility index (Phi) is 18.5. The van der Waals surface area contributed by atoms with E-state index in [9.17, 15) is 0 Å². The molecular formula is C36H62O2. The molecule has 0 aromatic carbocycles. The summed E-state index contributed by atoms with van der Waals surface area (Å²) >= 11 is 0. The third kappa shape index (κ3) is 10.5. The summed E-state index contributed by atoms with van der Waals surface area (Å²) in [5.74, 6) is 3.31. The molecule has 0 amide bonds. The Morgan fingerprint density at radius 1 is 1.11 bits per heavy atom. The first kappa shape index (κ1) is 36.3. The number of rotatable bonds is 5. The largest absolute Gasteiger partial charge is 0.495 e. The molecule has 1 saturated heterocycles. The van der Waals surface area contributed by atoms with Crippen molar-refractivity contribution in [3.63, 3.8) is 0 Å². The topological polar surface area (TPSA) is 18.5 Å². The van der Waals surface area contributed by atoms with Crippen molar-refractivity contribution < 1.29 is 9.47 Å². The fraction of sp³-hybridized carbons (Fsp3) is 0.750. The molecule has 0 N–H and O–H groups in total. The Balaban J connectivity index is 0.00000157. The Bertz CT molecular complexity index is 780. The summed E-state index contributed by atoms with van der Waals surface area (Å²) in [6.07, 6.45) is 29.6. The van der Waals surface area contributed by atoms with Gasteiger partial charge in [0, 0.05) is 13.5 Å². The molecule has 2 nitrogen and oxygen atoms in total. The van der Waals surface area contributed by atoms with E-state index in [1.807, 2.05) is 21.0 Å². The molecule has 0 aromatic rings. The lowest BCUT2D eigenvalue weighted by Crippen LogP contribution is -2.33. The van der Waals surface area contributed by atoms with Crippen molar-refractivity contribution in [2.45, 2.75) is 145 Å². The van der Waals surface area contributed by atoms with Crippen LogP contribution >= 0.6 is 0 Å². The second-order valence-electron chi connectivity index (χ2n) is 11.6. The lowest BCUT2D eigenvalue weighted by atomic mass is 9.63. The number of methoxy groups -OCH3 is 1. The third-order valence-corrected chi connectivity index (χ3v) is 8.72. The highest BCUT2D eigenvalue weighted by Gasteiger charge is 2.49. The minimum atomic E-state index is 0. The zero-order chi connectivity index (χ0) is 27.8. The van der Waals surface area contributed by atoms with E-state index >= 15 is 0 Å². The number of allylic oxidation sites excluding steroid dienone is 3. The van der Waals surface area contributed by atoms with E-state index in [-0.39, 0.29) is 7.43 Å². The first-order valence-electron chi connectivity index (χ1n) is 15.2. The van der Waals surface area contributed by atoms with Gasteiger partial charge in [-0.25, -0.2) is 0 Å². The maximum atomic E-state index is 5.91. The molecule has 4 aliphatic rings. The van der Waals surface area contributed by atoms with Crippen LogP contribution in [0, 0.1) is 36.0 Å². The molecule has 0 spiro atoms. The van der Waals surface area contributed by atoms with Gasteiger partial charge in [-0.15, -0.1) is 18.6 Å².